The van der Waals surface area contributed by atoms with Crippen molar-refractivity contribution >= 4 is 84.9 Å². The van der Waals surface area contributed by atoms with E-state index in [1.807, 2.05) is 119 Å². The molecule has 32 heteroatoms. The van der Waals surface area contributed by atoms with E-state index in [1.165, 1.54) is 6.92 Å². The van der Waals surface area contributed by atoms with Crippen molar-refractivity contribution in [2.24, 2.45) is 5.73 Å². The van der Waals surface area contributed by atoms with Crippen molar-refractivity contribution in [1.29, 1.82) is 0 Å². The molecule has 3 saturated heterocycles. The van der Waals surface area contributed by atoms with Gasteiger partial charge in [-0.1, -0.05) is 48.6 Å². The molecule has 19 N–H and O–H groups in total. The molecule has 32 nitrogen and oxygen atoms in total. The maximum Gasteiger partial charge on any atom is 0.260 e. The molecule has 3 fully saturated rings. The van der Waals surface area contributed by atoms with Crippen LogP contribution in [-0.2, 0) is 14.2 Å². The largest absolute Gasteiger partial charge is 0.393 e. The molecular weight excluding hydrogens is 1360 g/mol. The van der Waals surface area contributed by atoms with Gasteiger partial charge in [0.1, 0.15) is 28.7 Å². The average Bonchev–Trinajstić information content (AvgIpc) is 1.83. The number of fused-ring (bicyclic) bond motifs is 4. The average molecular weight is 1460 g/mol. The third kappa shape index (κ3) is 19.8. The number of aromatic amines is 2. The van der Waals surface area contributed by atoms with Crippen LogP contribution in [0.15, 0.2) is 151 Å². The molecule has 0 saturated carbocycles. The summed E-state index contributed by atoms with van der Waals surface area (Å²) in [6, 6.07) is 30.9. The predicted octanol–water partition coefficient (Wildman–Crippen LogP) is 9.04. The minimum atomic E-state index is -1.27. The lowest BCUT2D eigenvalue weighted by atomic mass is 10.1. The monoisotopic (exact) mass is 1460 g/mol. The van der Waals surface area contributed by atoms with E-state index in [1.54, 1.807) is 31.6 Å². The fourth-order valence-corrected chi connectivity index (χ4v) is 12.0. The molecule has 0 amide bonds. The molecule has 0 aliphatic carbocycles. The molecule has 562 valence electrons. The molecule has 12 aromatic rings. The summed E-state index contributed by atoms with van der Waals surface area (Å²) in [4.78, 5) is 44.4. The summed E-state index contributed by atoms with van der Waals surface area (Å²) in [5.41, 5.74) is 38.0. The number of hydrogen-bond donors (Lipinski definition) is 14. The maximum absolute atomic E-state index is 11.9. The molecule has 5 atom stereocenters. The van der Waals surface area contributed by atoms with Gasteiger partial charge in [-0.05, 0) is 158 Å². The van der Waals surface area contributed by atoms with E-state index < -0.39 is 11.2 Å². The van der Waals surface area contributed by atoms with E-state index in [0.29, 0.717) is 46.7 Å². The number of nitrogens with one attached hydrogen (secondary N) is 5. The fourth-order valence-electron chi connectivity index (χ4n) is 12.0. The zero-order valence-electron chi connectivity index (χ0n) is 60.5. The summed E-state index contributed by atoms with van der Waals surface area (Å²) >= 11 is 0. The Morgan fingerprint density at radius 3 is 1.24 bits per heavy atom. The molecule has 8 aromatic heterocycles. The lowest BCUT2D eigenvalue weighted by Gasteiger charge is -2.24. The molecule has 107 heavy (non-hydrogen) atoms. The van der Waals surface area contributed by atoms with Crippen LogP contribution in [0.2, 0.25) is 0 Å². The van der Waals surface area contributed by atoms with E-state index in [0.717, 1.165) is 161 Å². The number of nitrogens with two attached hydrogens (primary N) is 5. The van der Waals surface area contributed by atoms with Crippen molar-refractivity contribution in [2.45, 2.75) is 115 Å². The number of rotatable bonds is 19. The van der Waals surface area contributed by atoms with Crippen LogP contribution in [0.1, 0.15) is 104 Å². The van der Waals surface area contributed by atoms with Gasteiger partial charge in [0, 0.05) is 109 Å². The van der Waals surface area contributed by atoms with Crippen LogP contribution in [0.5, 0.6) is 0 Å². The number of hydrogen-bond acceptors (Lipinski definition) is 27. The molecule has 4 aromatic carbocycles. The molecule has 11 heterocycles. The zero-order valence-corrected chi connectivity index (χ0v) is 60.5. The van der Waals surface area contributed by atoms with Gasteiger partial charge in [0.15, 0.2) is 18.7 Å². The first-order valence-corrected chi connectivity index (χ1v) is 35.4. The highest BCUT2D eigenvalue weighted by Crippen LogP contribution is 2.36. The fraction of sp³-hybridized carbons (Fsp3) is 0.360. The number of aromatic nitrogens is 16. The Kier molecular flexibility index (Phi) is 25.2. The van der Waals surface area contributed by atoms with E-state index in [4.69, 9.17) is 48.0 Å². The number of anilines is 7. The Morgan fingerprint density at radius 1 is 0.514 bits per heavy atom. The molecule has 3 aliphatic rings. The van der Waals surface area contributed by atoms with Crippen LogP contribution >= 0.6 is 0 Å². The number of nitrogens with zero attached hydrogens (tertiary/aromatic N) is 14. The topological polar surface area (TPSA) is 480 Å². The van der Waals surface area contributed by atoms with Crippen LogP contribution < -0.4 is 50.2 Å². The van der Waals surface area contributed by atoms with Crippen molar-refractivity contribution < 1.29 is 34.6 Å². The standard InChI is InChI=1S/C20H26N6O3.C20H24N6O.C16H17N5O2.C15H18N6O2.C4H9N/c1-20(28,12-27)11-22-18-14-6-5-13(10-15(14)24-19(21)25-18)16-7-8-23-26(16)17-4-2-3-9-29-17;1-13(2)12-22-19-15-7-6-14(11-16(15)24-20(21)25-19)17-8-9-23-26(17)18-5-3-4-10-27-18;17-16-19-12-9-10(4-5-11(12)15(22)20-16)13-6-7-18-21(13)14-3-1-2-8-23-14;1-15(23,8-22)7-17-13-10-3-2-9(11-4-5-18-21-11)6-12(10)19-14(16)20-13;1-4(2)3-5/h5-8,10,17,27-28H,2-4,9,11-12H2,1H3,(H3,21,22,24,25);6-9,11,18H,1,3-5,10,12H2,2H3,(H3,21,22,24,25);4-7,9,14H,1-3,8H2,(H3,17,19,20,22);2-6,22-23H,7-8H2,1H3,(H,18,21)(H3,16,17,19,20);1,3,5H2,2H3. The third-order valence-electron chi connectivity index (χ3n) is 17.7. The minimum Gasteiger partial charge on any atom is -0.393 e. The van der Waals surface area contributed by atoms with Crippen molar-refractivity contribution in [2.75, 3.05) is 98.1 Å². The molecular formula is C75H94N24O8. The Bertz CT molecular complexity index is 5050. The quantitative estimate of drug-likeness (QED) is 0.0335. The Balaban J connectivity index is 0.000000140. The van der Waals surface area contributed by atoms with Crippen molar-refractivity contribution in [3.05, 3.63) is 157 Å². The summed E-state index contributed by atoms with van der Waals surface area (Å²) in [5.74, 6) is 2.36. The number of ether oxygens (including phenoxy) is 3. The molecule has 5 unspecified atom stereocenters. The van der Waals surface area contributed by atoms with Gasteiger partial charge in [-0.3, -0.25) is 14.9 Å². The van der Waals surface area contributed by atoms with Gasteiger partial charge in [-0.15, -0.1) is 0 Å². The Morgan fingerprint density at radius 2 is 0.888 bits per heavy atom. The minimum absolute atomic E-state index is 0.0114. The van der Waals surface area contributed by atoms with E-state index in [-0.39, 0.29) is 74.3 Å². The van der Waals surface area contributed by atoms with E-state index >= 15 is 0 Å². The smallest absolute Gasteiger partial charge is 0.260 e. The highest BCUT2D eigenvalue weighted by Gasteiger charge is 2.26. The van der Waals surface area contributed by atoms with Gasteiger partial charge in [-0.25, -0.2) is 34.0 Å². The first kappa shape index (κ1) is 76.8. The summed E-state index contributed by atoms with van der Waals surface area (Å²) in [7, 11) is 0. The number of aliphatic hydroxyl groups excluding tert-OH is 2. The Hall–Kier alpha value is -11.4. The second-order valence-electron chi connectivity index (χ2n) is 27.1. The molecule has 0 spiro atoms. The predicted molar refractivity (Wildman–Crippen MR) is 416 cm³/mol. The van der Waals surface area contributed by atoms with Crippen LogP contribution in [0.3, 0.4) is 0 Å². The normalized spacial score (nSPS) is 16.8. The van der Waals surface area contributed by atoms with Gasteiger partial charge < -0.3 is 79.3 Å². The van der Waals surface area contributed by atoms with Crippen molar-refractivity contribution in [3.8, 4) is 45.0 Å². The molecule has 15 rings (SSSR count). The lowest BCUT2D eigenvalue weighted by molar-refractivity contribution is -0.0384. The highest BCUT2D eigenvalue weighted by molar-refractivity contribution is 5.95. The second-order valence-corrected chi connectivity index (χ2v) is 27.1. The second kappa shape index (κ2) is 35.2. The SMILES string of the molecule is C=C(C)CN.C=C(C)CNc1nc(N)nc2cc(-c3ccnn3C3CCCCO3)ccc12.CC(O)(CO)CNc1nc(N)nc2cc(-c3ccn[nH]3)ccc12.CC(O)(CO)CNc1nc(N)nc2cc(-c3ccnn3C3CCCCO3)ccc12.Nc1nc2cc(-c3ccnn3C3CCCCO3)ccc2c(=O)[nH]1. The summed E-state index contributed by atoms with van der Waals surface area (Å²) in [5, 5.41) is 70.9. The number of H-pyrrole nitrogens is 2. The molecule has 0 radical (unpaired) electrons. The van der Waals surface area contributed by atoms with Gasteiger partial charge in [0.05, 0.1) is 63.4 Å². The lowest BCUT2D eigenvalue weighted by Crippen LogP contribution is -2.37. The summed E-state index contributed by atoms with van der Waals surface area (Å²) < 4.78 is 23.4. The summed E-state index contributed by atoms with van der Waals surface area (Å²) in [6.45, 7) is 17.5. The van der Waals surface area contributed by atoms with E-state index in [2.05, 4.69) is 101 Å². The van der Waals surface area contributed by atoms with Crippen LogP contribution in [-0.4, -0.2) is 170 Å². The third-order valence-corrected chi connectivity index (χ3v) is 17.7. The first-order chi connectivity index (χ1) is 51.6. The number of benzene rings is 4. The zero-order chi connectivity index (χ0) is 75.8. The molecule has 0 bridgehead atoms. The van der Waals surface area contributed by atoms with Gasteiger partial charge in [0.2, 0.25) is 23.8 Å². The van der Waals surface area contributed by atoms with Crippen LogP contribution in [0.25, 0.3) is 88.6 Å². The van der Waals surface area contributed by atoms with Gasteiger partial charge >= 0.3 is 0 Å². The Labute approximate surface area is 617 Å². The number of nitrogen functional groups attached to an aromatic ring is 4. The number of aliphatic hydroxyl groups is 4. The van der Waals surface area contributed by atoms with Gasteiger partial charge in [-0.2, -0.15) is 35.3 Å². The van der Waals surface area contributed by atoms with Gasteiger partial charge in [0.25, 0.3) is 5.56 Å². The molecule has 3 aliphatic heterocycles. The summed E-state index contributed by atoms with van der Waals surface area (Å²) in [6.07, 6.45) is 16.5. The van der Waals surface area contributed by atoms with Crippen molar-refractivity contribution in [1.82, 2.24) is 79.4 Å². The van der Waals surface area contributed by atoms with Crippen LogP contribution in [0.4, 0.5) is 41.2 Å². The maximum atomic E-state index is 11.9. The highest BCUT2D eigenvalue weighted by atomic mass is 16.5. The van der Waals surface area contributed by atoms with E-state index in [9.17, 15) is 20.1 Å². The van der Waals surface area contributed by atoms with Crippen LogP contribution in [0, 0.1) is 0 Å². The van der Waals surface area contributed by atoms with Crippen molar-refractivity contribution in [3.63, 3.8) is 0 Å². The first-order valence-electron chi connectivity index (χ1n) is 35.4.